The Morgan fingerprint density at radius 3 is 2.88 bits per heavy atom. The van der Waals surface area contributed by atoms with Gasteiger partial charge in [-0.15, -0.1) is 5.10 Å². The molecule has 0 radical (unpaired) electrons. The molecule has 0 saturated heterocycles. The van der Waals surface area contributed by atoms with Crippen molar-refractivity contribution in [3.05, 3.63) is 11.9 Å². The second kappa shape index (κ2) is 4.80. The fourth-order valence-corrected chi connectivity index (χ4v) is 1.78. The Morgan fingerprint density at radius 1 is 1.59 bits per heavy atom. The molecular weight excluding hydrogens is 224 g/mol. The molecule has 7 nitrogen and oxygen atoms in total. The first-order valence-corrected chi connectivity index (χ1v) is 5.66. The molecule has 1 aromatic heterocycles. The number of carbonyl (C=O) groups is 1. The van der Waals surface area contributed by atoms with Gasteiger partial charge < -0.3 is 15.5 Å². The van der Waals surface area contributed by atoms with Gasteiger partial charge in [-0.05, 0) is 19.3 Å². The first-order chi connectivity index (χ1) is 8.09. The van der Waals surface area contributed by atoms with Crippen molar-refractivity contribution in [3.8, 4) is 0 Å². The quantitative estimate of drug-likeness (QED) is 0.578. The van der Waals surface area contributed by atoms with Crippen molar-refractivity contribution in [2.75, 3.05) is 13.1 Å². The largest absolute Gasteiger partial charge is 0.476 e. The van der Waals surface area contributed by atoms with E-state index in [-0.39, 0.29) is 5.69 Å². The molecule has 2 rings (SSSR count). The average molecular weight is 240 g/mol. The monoisotopic (exact) mass is 240 g/mol. The number of nitrogens with one attached hydrogen (secondary N) is 1. The number of rotatable bonds is 6. The molecule has 1 fully saturated rings. The molecule has 0 aliphatic heterocycles. The van der Waals surface area contributed by atoms with Crippen LogP contribution in [0.4, 0.5) is 0 Å². The number of nitrogens with zero attached hydrogens (tertiary/aromatic N) is 3. The van der Waals surface area contributed by atoms with Crippen molar-refractivity contribution in [1.29, 1.82) is 0 Å². The lowest BCUT2D eigenvalue weighted by Gasteiger charge is -2.36. The van der Waals surface area contributed by atoms with Crippen LogP contribution in [0.15, 0.2) is 6.20 Å². The molecule has 0 spiro atoms. The minimum atomic E-state index is -1.08. The summed E-state index contributed by atoms with van der Waals surface area (Å²) >= 11 is 0. The van der Waals surface area contributed by atoms with Crippen LogP contribution in [-0.4, -0.2) is 49.9 Å². The summed E-state index contributed by atoms with van der Waals surface area (Å²) < 4.78 is 1.47. The summed E-state index contributed by atoms with van der Waals surface area (Å²) in [4.78, 5) is 10.6. The molecule has 1 aromatic rings. The van der Waals surface area contributed by atoms with Gasteiger partial charge in [0.2, 0.25) is 0 Å². The lowest BCUT2D eigenvalue weighted by atomic mass is 9.80. The molecule has 7 heteroatoms. The molecule has 0 aromatic carbocycles. The van der Waals surface area contributed by atoms with Crippen LogP contribution in [0, 0.1) is 0 Å². The van der Waals surface area contributed by atoms with E-state index in [1.807, 2.05) is 0 Å². The number of carboxylic acids is 1. The molecular formula is C10H16N4O3. The first-order valence-electron chi connectivity index (χ1n) is 5.66. The number of hydrogen-bond acceptors (Lipinski definition) is 5. The van der Waals surface area contributed by atoms with Crippen LogP contribution >= 0.6 is 0 Å². The van der Waals surface area contributed by atoms with Crippen LogP contribution in [0.5, 0.6) is 0 Å². The van der Waals surface area contributed by atoms with Crippen LogP contribution in [0.1, 0.15) is 29.8 Å². The summed E-state index contributed by atoms with van der Waals surface area (Å²) in [5, 5.41) is 28.8. The zero-order valence-corrected chi connectivity index (χ0v) is 9.46. The summed E-state index contributed by atoms with van der Waals surface area (Å²) in [7, 11) is 0. The Kier molecular flexibility index (Phi) is 3.39. The van der Waals surface area contributed by atoms with E-state index in [1.165, 1.54) is 10.9 Å². The number of aliphatic hydroxyl groups is 1. The van der Waals surface area contributed by atoms with Gasteiger partial charge >= 0.3 is 5.97 Å². The van der Waals surface area contributed by atoms with E-state index in [0.717, 1.165) is 19.3 Å². The molecule has 1 aliphatic rings. The van der Waals surface area contributed by atoms with E-state index >= 15 is 0 Å². The molecule has 3 N–H and O–H groups in total. The zero-order chi connectivity index (χ0) is 12.3. The van der Waals surface area contributed by atoms with Crippen molar-refractivity contribution >= 4 is 5.97 Å². The zero-order valence-electron chi connectivity index (χ0n) is 9.46. The molecule has 17 heavy (non-hydrogen) atoms. The van der Waals surface area contributed by atoms with E-state index in [9.17, 15) is 9.90 Å². The van der Waals surface area contributed by atoms with Gasteiger partial charge in [-0.3, -0.25) is 4.68 Å². The minimum absolute atomic E-state index is 0.0531. The van der Waals surface area contributed by atoms with Gasteiger partial charge in [-0.25, -0.2) is 4.79 Å². The van der Waals surface area contributed by atoms with Gasteiger partial charge in [0.1, 0.15) is 0 Å². The Balaban J connectivity index is 1.69. The fraction of sp³-hybridized carbons (Fsp3) is 0.700. The van der Waals surface area contributed by atoms with Gasteiger partial charge in [0, 0.05) is 13.1 Å². The molecule has 94 valence electrons. The highest BCUT2D eigenvalue weighted by atomic mass is 16.4. The molecule has 1 saturated carbocycles. The number of aromatic carboxylic acids is 1. The first kappa shape index (κ1) is 12.0. The predicted molar refractivity (Wildman–Crippen MR) is 58.7 cm³/mol. The van der Waals surface area contributed by atoms with E-state index < -0.39 is 11.6 Å². The van der Waals surface area contributed by atoms with Crippen molar-refractivity contribution in [2.45, 2.75) is 31.4 Å². The highest BCUT2D eigenvalue weighted by Crippen LogP contribution is 2.30. The van der Waals surface area contributed by atoms with Crippen LogP contribution in [0.3, 0.4) is 0 Å². The second-order valence-electron chi connectivity index (χ2n) is 4.43. The van der Waals surface area contributed by atoms with E-state index in [1.54, 1.807) is 0 Å². The Hall–Kier alpha value is -1.47. The van der Waals surface area contributed by atoms with E-state index in [2.05, 4.69) is 15.6 Å². The third-order valence-corrected chi connectivity index (χ3v) is 3.01. The Labute approximate surface area is 98.4 Å². The van der Waals surface area contributed by atoms with Gasteiger partial charge in [0.25, 0.3) is 0 Å². The fourth-order valence-electron chi connectivity index (χ4n) is 1.78. The maximum absolute atomic E-state index is 10.6. The van der Waals surface area contributed by atoms with Crippen LogP contribution < -0.4 is 5.32 Å². The predicted octanol–water partition coefficient (Wildman–Crippen LogP) is -0.519. The number of aromatic nitrogens is 3. The summed E-state index contributed by atoms with van der Waals surface area (Å²) in [6.07, 6.45) is 4.18. The number of carboxylic acid groups (broad SMARTS) is 1. The van der Waals surface area contributed by atoms with Crippen molar-refractivity contribution < 1.29 is 15.0 Å². The van der Waals surface area contributed by atoms with Crippen LogP contribution in [-0.2, 0) is 6.54 Å². The maximum Gasteiger partial charge on any atom is 0.358 e. The van der Waals surface area contributed by atoms with Crippen molar-refractivity contribution in [1.82, 2.24) is 20.3 Å². The van der Waals surface area contributed by atoms with Gasteiger partial charge in [-0.1, -0.05) is 5.21 Å². The number of hydrogen-bond donors (Lipinski definition) is 3. The Morgan fingerprint density at radius 2 is 2.35 bits per heavy atom. The lowest BCUT2D eigenvalue weighted by Crippen LogP contribution is -2.46. The van der Waals surface area contributed by atoms with Crippen LogP contribution in [0.25, 0.3) is 0 Å². The highest BCUT2D eigenvalue weighted by Gasteiger charge is 2.33. The molecule has 0 amide bonds. The molecule has 0 unspecified atom stereocenters. The third-order valence-electron chi connectivity index (χ3n) is 3.01. The van der Waals surface area contributed by atoms with Crippen molar-refractivity contribution in [2.24, 2.45) is 0 Å². The van der Waals surface area contributed by atoms with E-state index in [0.29, 0.717) is 19.6 Å². The third kappa shape index (κ3) is 3.01. The second-order valence-corrected chi connectivity index (χ2v) is 4.43. The maximum atomic E-state index is 10.6. The topological polar surface area (TPSA) is 100 Å². The standard InChI is InChI=1S/C10H16N4O3/c15-9(16)8-6-14(13-12-8)5-4-11-7-10(17)2-1-3-10/h6,11,17H,1-5,7H2,(H,15,16). The highest BCUT2D eigenvalue weighted by molar-refractivity contribution is 5.84. The van der Waals surface area contributed by atoms with Gasteiger partial charge in [0.15, 0.2) is 5.69 Å². The van der Waals surface area contributed by atoms with E-state index in [4.69, 9.17) is 5.11 Å². The summed E-state index contributed by atoms with van der Waals surface area (Å²) in [5.41, 5.74) is -0.586. The lowest BCUT2D eigenvalue weighted by molar-refractivity contribution is -0.0312. The normalized spacial score (nSPS) is 17.7. The smallest absolute Gasteiger partial charge is 0.358 e. The van der Waals surface area contributed by atoms with Crippen LogP contribution in [0.2, 0.25) is 0 Å². The van der Waals surface area contributed by atoms with Gasteiger partial charge in [0.05, 0.1) is 18.3 Å². The summed E-state index contributed by atoms with van der Waals surface area (Å²) in [5.74, 6) is -1.08. The molecule has 0 atom stereocenters. The summed E-state index contributed by atoms with van der Waals surface area (Å²) in [6.45, 7) is 1.74. The molecule has 1 aliphatic carbocycles. The SMILES string of the molecule is O=C(O)c1cn(CCNCC2(O)CCC2)nn1. The summed E-state index contributed by atoms with van der Waals surface area (Å²) in [6, 6.07) is 0. The Bertz CT molecular complexity index is 400. The molecule has 1 heterocycles. The minimum Gasteiger partial charge on any atom is -0.476 e. The van der Waals surface area contributed by atoms with Crippen molar-refractivity contribution in [3.63, 3.8) is 0 Å². The van der Waals surface area contributed by atoms with Gasteiger partial charge in [-0.2, -0.15) is 0 Å². The average Bonchev–Trinajstić information content (AvgIpc) is 2.70. The molecule has 0 bridgehead atoms.